The van der Waals surface area contributed by atoms with Crippen molar-refractivity contribution in [2.24, 2.45) is 7.05 Å². The molecule has 1 N–H and O–H groups in total. The number of benzene rings is 1. The molecule has 2 aromatic heterocycles. The number of morpholine rings is 1. The van der Waals surface area contributed by atoms with Crippen molar-refractivity contribution in [3.05, 3.63) is 57.5 Å². The number of pyridine rings is 1. The topological polar surface area (TPSA) is 50.3 Å². The standard InChI is InChI=1S/C24H31N3O2/c1-16(2)22-20-14-18(7-8-27-9-11-29-12-10-27)5-6-21(20)25-23(22)19-13-17(3)24(28)26(4)15-19/h5-6,13-16,25H,7-12H2,1-4H3. The summed E-state index contributed by atoms with van der Waals surface area (Å²) in [5.41, 5.74) is 6.87. The number of ether oxygens (including phenoxy) is 1. The maximum atomic E-state index is 12.1. The molecule has 3 heterocycles. The van der Waals surface area contributed by atoms with Gasteiger partial charge in [-0.2, -0.15) is 0 Å². The molecule has 0 saturated carbocycles. The van der Waals surface area contributed by atoms with E-state index < -0.39 is 0 Å². The molecule has 4 rings (SSSR count). The Morgan fingerprint density at radius 1 is 1.17 bits per heavy atom. The van der Waals surface area contributed by atoms with E-state index in [1.165, 1.54) is 16.5 Å². The first-order valence-electron chi connectivity index (χ1n) is 10.6. The molecule has 5 heteroatoms. The highest BCUT2D eigenvalue weighted by molar-refractivity contribution is 5.91. The van der Waals surface area contributed by atoms with Crippen LogP contribution in [0, 0.1) is 6.92 Å². The van der Waals surface area contributed by atoms with Gasteiger partial charge >= 0.3 is 0 Å². The highest BCUT2D eigenvalue weighted by Crippen LogP contribution is 2.36. The predicted octanol–water partition coefficient (Wildman–Crippen LogP) is 3.84. The van der Waals surface area contributed by atoms with Crippen LogP contribution in [0.15, 0.2) is 35.3 Å². The third-order valence-electron chi connectivity index (χ3n) is 5.95. The Kier molecular flexibility index (Phi) is 5.61. The lowest BCUT2D eigenvalue weighted by Gasteiger charge is -2.26. The van der Waals surface area contributed by atoms with Crippen LogP contribution in [0.5, 0.6) is 0 Å². The lowest BCUT2D eigenvalue weighted by molar-refractivity contribution is 0.0384. The minimum Gasteiger partial charge on any atom is -0.379 e. The van der Waals surface area contributed by atoms with Gasteiger partial charge in [-0.05, 0) is 48.6 Å². The maximum absolute atomic E-state index is 12.1. The van der Waals surface area contributed by atoms with Gasteiger partial charge in [0.2, 0.25) is 0 Å². The summed E-state index contributed by atoms with van der Waals surface area (Å²) < 4.78 is 7.13. The van der Waals surface area contributed by atoms with Gasteiger partial charge in [-0.1, -0.05) is 19.9 Å². The fourth-order valence-electron chi connectivity index (χ4n) is 4.37. The molecule has 1 saturated heterocycles. The summed E-state index contributed by atoms with van der Waals surface area (Å²) in [5.74, 6) is 0.380. The van der Waals surface area contributed by atoms with Gasteiger partial charge in [0, 0.05) is 54.9 Å². The molecule has 5 nitrogen and oxygen atoms in total. The van der Waals surface area contributed by atoms with Crippen molar-refractivity contribution in [2.45, 2.75) is 33.1 Å². The van der Waals surface area contributed by atoms with E-state index in [9.17, 15) is 4.79 Å². The summed E-state index contributed by atoms with van der Waals surface area (Å²) in [6.07, 6.45) is 2.98. The molecule has 29 heavy (non-hydrogen) atoms. The number of hydrogen-bond acceptors (Lipinski definition) is 3. The van der Waals surface area contributed by atoms with Crippen molar-refractivity contribution >= 4 is 10.9 Å². The number of aromatic nitrogens is 2. The van der Waals surface area contributed by atoms with E-state index in [1.54, 1.807) is 4.57 Å². The molecule has 3 aromatic rings. The summed E-state index contributed by atoms with van der Waals surface area (Å²) >= 11 is 0. The monoisotopic (exact) mass is 393 g/mol. The van der Waals surface area contributed by atoms with Gasteiger partial charge in [0.1, 0.15) is 0 Å². The van der Waals surface area contributed by atoms with Crippen molar-refractivity contribution in [3.8, 4) is 11.3 Å². The third-order valence-corrected chi connectivity index (χ3v) is 5.95. The summed E-state index contributed by atoms with van der Waals surface area (Å²) in [4.78, 5) is 18.2. The number of H-pyrrole nitrogens is 1. The third kappa shape index (κ3) is 4.02. The van der Waals surface area contributed by atoms with Crippen LogP contribution >= 0.6 is 0 Å². The molecule has 0 radical (unpaired) electrons. The Bertz CT molecular complexity index is 1050. The number of fused-ring (bicyclic) bond motifs is 1. The first kappa shape index (κ1) is 19.9. The fourth-order valence-corrected chi connectivity index (χ4v) is 4.37. The van der Waals surface area contributed by atoms with E-state index in [4.69, 9.17) is 4.74 Å². The van der Waals surface area contributed by atoms with Crippen LogP contribution in [-0.2, 0) is 18.2 Å². The van der Waals surface area contributed by atoms with Crippen LogP contribution < -0.4 is 5.56 Å². The zero-order valence-corrected chi connectivity index (χ0v) is 17.9. The van der Waals surface area contributed by atoms with Gasteiger partial charge in [-0.15, -0.1) is 0 Å². The Hall–Kier alpha value is -2.37. The number of nitrogens with one attached hydrogen (secondary N) is 1. The summed E-state index contributed by atoms with van der Waals surface area (Å²) in [6, 6.07) is 8.78. The van der Waals surface area contributed by atoms with E-state index in [0.717, 1.165) is 61.6 Å². The molecule has 0 unspecified atom stereocenters. The van der Waals surface area contributed by atoms with Gasteiger partial charge < -0.3 is 14.3 Å². The Morgan fingerprint density at radius 2 is 1.93 bits per heavy atom. The predicted molar refractivity (Wildman–Crippen MR) is 119 cm³/mol. The van der Waals surface area contributed by atoms with Crippen LogP contribution in [0.2, 0.25) is 0 Å². The first-order chi connectivity index (χ1) is 13.9. The largest absolute Gasteiger partial charge is 0.379 e. The van der Waals surface area contributed by atoms with Gasteiger partial charge in [-0.25, -0.2) is 0 Å². The van der Waals surface area contributed by atoms with Crippen LogP contribution in [0.1, 0.15) is 36.5 Å². The molecule has 0 spiro atoms. The van der Waals surface area contributed by atoms with E-state index in [-0.39, 0.29) is 5.56 Å². The summed E-state index contributed by atoms with van der Waals surface area (Å²) in [6.45, 7) is 11.2. The number of aryl methyl sites for hydroxylation is 2. The Labute approximate surface area is 172 Å². The molecule has 154 valence electrons. The van der Waals surface area contributed by atoms with Gasteiger partial charge in [0.25, 0.3) is 5.56 Å². The van der Waals surface area contributed by atoms with E-state index >= 15 is 0 Å². The van der Waals surface area contributed by atoms with Crippen molar-refractivity contribution < 1.29 is 4.74 Å². The minimum absolute atomic E-state index is 0.0568. The van der Waals surface area contributed by atoms with Crippen molar-refractivity contribution in [1.82, 2.24) is 14.5 Å². The van der Waals surface area contributed by atoms with Crippen LogP contribution in [-0.4, -0.2) is 47.3 Å². The number of aromatic amines is 1. The molecule has 1 fully saturated rings. The molecular formula is C24H31N3O2. The Morgan fingerprint density at radius 3 is 2.62 bits per heavy atom. The van der Waals surface area contributed by atoms with Crippen LogP contribution in [0.4, 0.5) is 0 Å². The lowest BCUT2D eigenvalue weighted by Crippen LogP contribution is -2.37. The highest BCUT2D eigenvalue weighted by Gasteiger charge is 2.18. The highest BCUT2D eigenvalue weighted by atomic mass is 16.5. The van der Waals surface area contributed by atoms with E-state index in [0.29, 0.717) is 5.92 Å². The molecular weight excluding hydrogens is 362 g/mol. The van der Waals surface area contributed by atoms with Crippen LogP contribution in [0.3, 0.4) is 0 Å². The smallest absolute Gasteiger partial charge is 0.253 e. The zero-order valence-electron chi connectivity index (χ0n) is 17.9. The summed E-state index contributed by atoms with van der Waals surface area (Å²) in [7, 11) is 1.82. The average molecular weight is 394 g/mol. The van der Waals surface area contributed by atoms with E-state index in [1.807, 2.05) is 26.2 Å². The van der Waals surface area contributed by atoms with Gasteiger partial charge in [0.05, 0.1) is 18.9 Å². The fraction of sp³-hybridized carbons (Fsp3) is 0.458. The molecule has 0 aliphatic carbocycles. The normalized spacial score (nSPS) is 15.5. The maximum Gasteiger partial charge on any atom is 0.253 e. The molecule has 0 bridgehead atoms. The minimum atomic E-state index is 0.0568. The second-order valence-electron chi connectivity index (χ2n) is 8.48. The van der Waals surface area contributed by atoms with Crippen LogP contribution in [0.25, 0.3) is 22.2 Å². The SMILES string of the molecule is Cc1cc(-c2[nH]c3ccc(CCN4CCOCC4)cc3c2C(C)C)cn(C)c1=O. The zero-order chi connectivity index (χ0) is 20.5. The van der Waals surface area contributed by atoms with Crippen molar-refractivity contribution in [3.63, 3.8) is 0 Å². The van der Waals surface area contributed by atoms with Gasteiger partial charge in [-0.3, -0.25) is 9.69 Å². The van der Waals surface area contributed by atoms with Crippen molar-refractivity contribution in [2.75, 3.05) is 32.8 Å². The molecule has 1 aliphatic rings. The first-order valence-corrected chi connectivity index (χ1v) is 10.6. The number of nitrogens with zero attached hydrogens (tertiary/aromatic N) is 2. The molecule has 1 aliphatic heterocycles. The number of hydrogen-bond donors (Lipinski definition) is 1. The van der Waals surface area contributed by atoms with Crippen molar-refractivity contribution in [1.29, 1.82) is 0 Å². The average Bonchev–Trinajstić information content (AvgIpc) is 3.10. The second kappa shape index (κ2) is 8.17. The van der Waals surface area contributed by atoms with E-state index in [2.05, 4.69) is 41.9 Å². The molecule has 0 amide bonds. The Balaban J connectivity index is 1.71. The molecule has 1 aromatic carbocycles. The second-order valence-corrected chi connectivity index (χ2v) is 8.48. The number of rotatable bonds is 5. The summed E-state index contributed by atoms with van der Waals surface area (Å²) in [5, 5.41) is 1.29. The molecule has 0 atom stereocenters. The van der Waals surface area contributed by atoms with Gasteiger partial charge in [0.15, 0.2) is 0 Å². The quantitative estimate of drug-likeness (QED) is 0.717. The lowest BCUT2D eigenvalue weighted by atomic mass is 9.95.